The van der Waals surface area contributed by atoms with Crippen LogP contribution in [-0.2, 0) is 17.9 Å². The third-order valence-electron chi connectivity index (χ3n) is 6.81. The van der Waals surface area contributed by atoms with Crippen LogP contribution in [0.15, 0.2) is 59.9 Å². The molecule has 7 nitrogen and oxygen atoms in total. The largest absolute Gasteiger partial charge is 0.468 e. The quantitative estimate of drug-likeness (QED) is 0.612. The van der Waals surface area contributed by atoms with Crippen LogP contribution in [0.3, 0.4) is 0 Å². The van der Waals surface area contributed by atoms with E-state index in [2.05, 4.69) is 34.5 Å². The van der Waals surface area contributed by atoms with Crippen molar-refractivity contribution in [1.82, 2.24) is 24.3 Å². The second kappa shape index (κ2) is 7.96. The smallest absolute Gasteiger partial charge is 0.231 e. The van der Waals surface area contributed by atoms with Crippen LogP contribution in [0.2, 0.25) is 0 Å². The highest BCUT2D eigenvalue weighted by Gasteiger charge is 2.57. The summed E-state index contributed by atoms with van der Waals surface area (Å²) in [4.78, 5) is 27.0. The highest BCUT2D eigenvalue weighted by molar-refractivity contribution is 5.86. The van der Waals surface area contributed by atoms with Gasteiger partial charge in [-0.05, 0) is 50.1 Å². The van der Waals surface area contributed by atoms with Crippen LogP contribution in [-0.4, -0.2) is 49.9 Å². The van der Waals surface area contributed by atoms with Gasteiger partial charge in [0, 0.05) is 56.7 Å². The summed E-state index contributed by atoms with van der Waals surface area (Å²) in [6, 6.07) is 8.23. The Morgan fingerprint density at radius 3 is 2.77 bits per heavy atom. The second-order valence-electron chi connectivity index (χ2n) is 9.13. The van der Waals surface area contributed by atoms with Gasteiger partial charge in [-0.3, -0.25) is 14.7 Å². The predicted molar refractivity (Wildman–Crippen MR) is 116 cm³/mol. The number of hydrogen-bond acceptors (Lipinski definition) is 5. The van der Waals surface area contributed by atoms with Gasteiger partial charge in [0.2, 0.25) is 5.91 Å². The standard InChI is InChI=1S/C24H29N5O2/c1-18(2)29-15-22(26-17-29)21-14-27(13-20-4-3-11-31-20)16-24(21)7-10-28(23(24)30)12-19-5-8-25-9-6-19/h3-6,8-9,11,15,17-18,21H,7,10,12-14,16H2,1-2H3/t21-,24+/m1/s1. The molecule has 3 aromatic rings. The van der Waals surface area contributed by atoms with Gasteiger partial charge in [0.15, 0.2) is 0 Å². The Morgan fingerprint density at radius 2 is 2.06 bits per heavy atom. The molecule has 0 radical (unpaired) electrons. The lowest BCUT2D eigenvalue weighted by Crippen LogP contribution is -2.39. The molecule has 0 N–H and O–H groups in total. The minimum atomic E-state index is -0.435. The Labute approximate surface area is 182 Å². The van der Waals surface area contributed by atoms with Crippen LogP contribution in [0.1, 0.15) is 49.2 Å². The average molecular weight is 420 g/mol. The maximum atomic E-state index is 13.8. The molecule has 3 aromatic heterocycles. The Morgan fingerprint density at radius 1 is 1.23 bits per heavy atom. The summed E-state index contributed by atoms with van der Waals surface area (Å²) >= 11 is 0. The minimum Gasteiger partial charge on any atom is -0.468 e. The summed E-state index contributed by atoms with van der Waals surface area (Å²) in [5.74, 6) is 1.26. The Hall–Kier alpha value is -2.93. The molecule has 2 atom stereocenters. The first-order valence-corrected chi connectivity index (χ1v) is 11.0. The first-order chi connectivity index (χ1) is 15.0. The molecular weight excluding hydrogens is 390 g/mol. The van der Waals surface area contributed by atoms with E-state index in [9.17, 15) is 4.79 Å². The first kappa shape index (κ1) is 20.0. The molecular formula is C24H29N5O2. The lowest BCUT2D eigenvalue weighted by Gasteiger charge is -2.28. The van der Waals surface area contributed by atoms with Crippen LogP contribution < -0.4 is 0 Å². The normalized spacial score (nSPS) is 24.2. The molecule has 5 rings (SSSR count). The molecule has 0 saturated carbocycles. The number of aromatic nitrogens is 3. The molecule has 2 saturated heterocycles. The van der Waals surface area contributed by atoms with Crippen molar-refractivity contribution in [3.63, 3.8) is 0 Å². The molecule has 0 aliphatic carbocycles. The van der Waals surface area contributed by atoms with E-state index in [0.29, 0.717) is 19.1 Å². The van der Waals surface area contributed by atoms with E-state index in [4.69, 9.17) is 9.40 Å². The average Bonchev–Trinajstić information content (AvgIpc) is 3.55. The van der Waals surface area contributed by atoms with Crippen LogP contribution in [0.5, 0.6) is 0 Å². The van der Waals surface area contributed by atoms with Crippen molar-refractivity contribution in [2.45, 2.75) is 45.3 Å². The van der Waals surface area contributed by atoms with Gasteiger partial charge in [-0.1, -0.05) is 0 Å². The van der Waals surface area contributed by atoms with Crippen LogP contribution >= 0.6 is 0 Å². The Bertz CT molecular complexity index is 1030. The summed E-state index contributed by atoms with van der Waals surface area (Å²) in [5, 5.41) is 0. The van der Waals surface area contributed by atoms with Crippen molar-refractivity contribution in [1.29, 1.82) is 0 Å². The summed E-state index contributed by atoms with van der Waals surface area (Å²) in [6.07, 6.45) is 10.2. The summed E-state index contributed by atoms with van der Waals surface area (Å²) in [7, 11) is 0. The zero-order valence-corrected chi connectivity index (χ0v) is 18.1. The fourth-order valence-electron chi connectivity index (χ4n) is 5.13. The molecule has 7 heteroatoms. The number of furan rings is 1. The fourth-order valence-corrected chi connectivity index (χ4v) is 5.13. The van der Waals surface area contributed by atoms with Gasteiger partial charge < -0.3 is 13.9 Å². The number of hydrogen-bond donors (Lipinski definition) is 0. The Balaban J connectivity index is 1.43. The van der Waals surface area contributed by atoms with Gasteiger partial charge >= 0.3 is 0 Å². The fraction of sp³-hybridized carbons (Fsp3) is 0.458. The molecule has 1 amide bonds. The van der Waals surface area contributed by atoms with E-state index >= 15 is 0 Å². The van der Waals surface area contributed by atoms with Crippen LogP contribution in [0.25, 0.3) is 0 Å². The van der Waals surface area contributed by atoms with E-state index in [0.717, 1.165) is 43.1 Å². The zero-order valence-electron chi connectivity index (χ0n) is 18.1. The molecule has 2 aliphatic rings. The van der Waals surface area contributed by atoms with Gasteiger partial charge in [0.05, 0.1) is 30.2 Å². The van der Waals surface area contributed by atoms with Crippen molar-refractivity contribution < 1.29 is 9.21 Å². The molecule has 5 heterocycles. The van der Waals surface area contributed by atoms with Gasteiger partial charge in [-0.15, -0.1) is 0 Å². The van der Waals surface area contributed by atoms with E-state index in [1.807, 2.05) is 35.5 Å². The number of carbonyl (C=O) groups is 1. The number of pyridine rings is 1. The van der Waals surface area contributed by atoms with Crippen molar-refractivity contribution in [2.75, 3.05) is 19.6 Å². The number of imidazole rings is 1. The molecule has 0 unspecified atom stereocenters. The lowest BCUT2D eigenvalue weighted by atomic mass is 9.75. The van der Waals surface area contributed by atoms with Gasteiger partial charge in [-0.2, -0.15) is 0 Å². The predicted octanol–water partition coefficient (Wildman–Crippen LogP) is 3.47. The van der Waals surface area contributed by atoms with Crippen molar-refractivity contribution in [2.24, 2.45) is 5.41 Å². The van der Waals surface area contributed by atoms with Gasteiger partial charge in [-0.25, -0.2) is 4.98 Å². The second-order valence-corrected chi connectivity index (χ2v) is 9.13. The van der Waals surface area contributed by atoms with Crippen LogP contribution in [0.4, 0.5) is 0 Å². The minimum absolute atomic E-state index is 0.0809. The van der Waals surface area contributed by atoms with E-state index < -0.39 is 5.41 Å². The van der Waals surface area contributed by atoms with E-state index in [1.54, 1.807) is 18.7 Å². The molecule has 2 aliphatic heterocycles. The third-order valence-corrected chi connectivity index (χ3v) is 6.81. The number of nitrogens with zero attached hydrogens (tertiary/aromatic N) is 5. The summed E-state index contributed by atoms with van der Waals surface area (Å²) in [6.45, 7) is 7.97. The molecule has 1 spiro atoms. The van der Waals surface area contributed by atoms with Crippen molar-refractivity contribution >= 4 is 5.91 Å². The maximum absolute atomic E-state index is 13.8. The number of likely N-dealkylation sites (tertiary alicyclic amines) is 2. The summed E-state index contributed by atoms with van der Waals surface area (Å²) in [5.41, 5.74) is 1.71. The molecule has 2 fully saturated rings. The lowest BCUT2D eigenvalue weighted by molar-refractivity contribution is -0.136. The molecule has 31 heavy (non-hydrogen) atoms. The van der Waals surface area contributed by atoms with Gasteiger partial charge in [0.25, 0.3) is 0 Å². The van der Waals surface area contributed by atoms with E-state index in [-0.39, 0.29) is 11.8 Å². The van der Waals surface area contributed by atoms with E-state index in [1.165, 1.54) is 0 Å². The summed E-state index contributed by atoms with van der Waals surface area (Å²) < 4.78 is 7.72. The van der Waals surface area contributed by atoms with Crippen molar-refractivity contribution in [3.8, 4) is 0 Å². The molecule has 0 aromatic carbocycles. The number of amides is 1. The Kier molecular flexibility index (Phi) is 5.14. The number of rotatable bonds is 6. The topological polar surface area (TPSA) is 67.4 Å². The molecule has 162 valence electrons. The molecule has 0 bridgehead atoms. The highest BCUT2D eigenvalue weighted by atomic mass is 16.3. The first-order valence-electron chi connectivity index (χ1n) is 11.0. The monoisotopic (exact) mass is 419 g/mol. The van der Waals surface area contributed by atoms with Crippen molar-refractivity contribution in [3.05, 3.63) is 72.5 Å². The maximum Gasteiger partial charge on any atom is 0.231 e. The number of carbonyl (C=O) groups excluding carboxylic acids is 1. The SMILES string of the molecule is CC(C)n1cnc([C@H]2CN(Cc3ccco3)C[C@@]23CCN(Cc2ccncc2)C3=O)c1. The zero-order chi connectivity index (χ0) is 21.4. The van der Waals surface area contributed by atoms with Crippen LogP contribution in [0, 0.1) is 5.41 Å². The third kappa shape index (κ3) is 3.67. The van der Waals surface area contributed by atoms with Gasteiger partial charge in [0.1, 0.15) is 5.76 Å². The highest BCUT2D eigenvalue weighted by Crippen LogP contribution is 2.50.